The van der Waals surface area contributed by atoms with Crippen molar-refractivity contribution in [1.29, 1.82) is 0 Å². The lowest BCUT2D eigenvalue weighted by atomic mass is 10.0. The summed E-state index contributed by atoms with van der Waals surface area (Å²) in [6.07, 6.45) is 29.5. The van der Waals surface area contributed by atoms with Gasteiger partial charge in [0.25, 0.3) is 0 Å². The van der Waals surface area contributed by atoms with Gasteiger partial charge in [-0.25, -0.2) is 0 Å². The maximum atomic E-state index is 11.9. The van der Waals surface area contributed by atoms with E-state index in [9.17, 15) is 4.79 Å². The SMILES string of the molecule is C=C(COCCCCCCCCCCCCCCCC)COC(=O)CCCCCCCCCCBr. The van der Waals surface area contributed by atoms with Crippen molar-refractivity contribution in [2.24, 2.45) is 0 Å². The summed E-state index contributed by atoms with van der Waals surface area (Å²) in [5.41, 5.74) is 0.854. The number of ether oxygens (including phenoxy) is 2. The fourth-order valence-corrected chi connectivity index (χ4v) is 4.73. The molecule has 0 aromatic carbocycles. The Morgan fingerprint density at radius 2 is 1.03 bits per heavy atom. The minimum atomic E-state index is -0.101. The second-order valence-electron chi connectivity index (χ2n) is 10.3. The van der Waals surface area contributed by atoms with Crippen LogP contribution in [-0.4, -0.2) is 31.1 Å². The lowest BCUT2D eigenvalue weighted by molar-refractivity contribution is -0.142. The van der Waals surface area contributed by atoms with Crippen LogP contribution in [0.25, 0.3) is 0 Å². The van der Waals surface area contributed by atoms with E-state index < -0.39 is 0 Å². The summed E-state index contributed by atoms with van der Waals surface area (Å²) in [5, 5.41) is 1.12. The summed E-state index contributed by atoms with van der Waals surface area (Å²) >= 11 is 3.47. The first-order valence-corrected chi connectivity index (χ1v) is 16.3. The Hall–Kier alpha value is -0.350. The molecule has 0 radical (unpaired) electrons. The highest BCUT2D eigenvalue weighted by Gasteiger charge is 2.04. The Kier molecular flexibility index (Phi) is 29.6. The molecule has 0 saturated heterocycles. The zero-order chi connectivity index (χ0) is 25.7. The number of halogens is 1. The highest BCUT2D eigenvalue weighted by molar-refractivity contribution is 9.09. The molecule has 0 bridgehead atoms. The van der Waals surface area contributed by atoms with Gasteiger partial charge in [-0.3, -0.25) is 4.79 Å². The summed E-state index contributed by atoms with van der Waals surface area (Å²) in [7, 11) is 0. The average molecular weight is 560 g/mol. The molecule has 0 aliphatic carbocycles. The van der Waals surface area contributed by atoms with Crippen molar-refractivity contribution in [2.75, 3.05) is 25.2 Å². The zero-order valence-electron chi connectivity index (χ0n) is 23.4. The van der Waals surface area contributed by atoms with E-state index in [-0.39, 0.29) is 5.97 Å². The minimum Gasteiger partial charge on any atom is -0.461 e. The molecule has 0 amide bonds. The standard InChI is InChI=1S/C31H59BrO3/c1-3-4-5-6-7-8-9-10-11-12-15-18-21-24-27-34-28-30(2)29-35-31(33)25-22-19-16-13-14-17-20-23-26-32/h2-29H2,1H3. The van der Waals surface area contributed by atoms with Crippen LogP contribution >= 0.6 is 15.9 Å². The predicted octanol–water partition coefficient (Wildman–Crippen LogP) is 10.5. The van der Waals surface area contributed by atoms with E-state index >= 15 is 0 Å². The molecular weight excluding hydrogens is 500 g/mol. The monoisotopic (exact) mass is 558 g/mol. The van der Waals surface area contributed by atoms with Crippen LogP contribution in [0.2, 0.25) is 0 Å². The second kappa shape index (κ2) is 29.9. The van der Waals surface area contributed by atoms with E-state index in [1.54, 1.807) is 0 Å². The van der Waals surface area contributed by atoms with Crippen molar-refractivity contribution in [3.8, 4) is 0 Å². The first-order chi connectivity index (χ1) is 17.2. The highest BCUT2D eigenvalue weighted by Crippen LogP contribution is 2.13. The molecule has 0 fully saturated rings. The van der Waals surface area contributed by atoms with Crippen molar-refractivity contribution in [2.45, 2.75) is 155 Å². The lowest BCUT2D eigenvalue weighted by Crippen LogP contribution is -2.10. The quantitative estimate of drug-likeness (QED) is 0.0396. The molecule has 35 heavy (non-hydrogen) atoms. The molecule has 0 rings (SSSR count). The fourth-order valence-electron chi connectivity index (χ4n) is 4.34. The molecular formula is C31H59BrO3. The van der Waals surface area contributed by atoms with E-state index in [1.165, 1.54) is 122 Å². The molecule has 0 aliphatic heterocycles. The molecule has 0 heterocycles. The van der Waals surface area contributed by atoms with Crippen LogP contribution in [0.4, 0.5) is 0 Å². The predicted molar refractivity (Wildman–Crippen MR) is 157 cm³/mol. The van der Waals surface area contributed by atoms with Gasteiger partial charge >= 0.3 is 5.97 Å². The number of unbranched alkanes of at least 4 members (excludes halogenated alkanes) is 20. The largest absolute Gasteiger partial charge is 0.461 e. The molecule has 0 aromatic heterocycles. The molecule has 0 atom stereocenters. The van der Waals surface area contributed by atoms with Gasteiger partial charge in [0.15, 0.2) is 0 Å². The Labute approximate surface area is 227 Å². The number of carbonyl (C=O) groups is 1. The van der Waals surface area contributed by atoms with Crippen molar-refractivity contribution < 1.29 is 14.3 Å². The van der Waals surface area contributed by atoms with Gasteiger partial charge < -0.3 is 9.47 Å². The zero-order valence-corrected chi connectivity index (χ0v) is 25.0. The smallest absolute Gasteiger partial charge is 0.306 e. The lowest BCUT2D eigenvalue weighted by Gasteiger charge is -2.09. The topological polar surface area (TPSA) is 35.5 Å². The molecule has 4 heteroatoms. The summed E-state index contributed by atoms with van der Waals surface area (Å²) in [6.45, 7) is 7.84. The molecule has 3 nitrogen and oxygen atoms in total. The molecule has 0 unspecified atom stereocenters. The Balaban J connectivity index is 3.27. The van der Waals surface area contributed by atoms with Gasteiger partial charge in [0.2, 0.25) is 0 Å². The number of alkyl halides is 1. The molecule has 0 saturated carbocycles. The summed E-state index contributed by atoms with van der Waals surface area (Å²) in [6, 6.07) is 0. The molecule has 0 aliphatic rings. The van der Waals surface area contributed by atoms with Crippen LogP contribution in [0, 0.1) is 0 Å². The van der Waals surface area contributed by atoms with Gasteiger partial charge in [-0.15, -0.1) is 0 Å². The Morgan fingerprint density at radius 1 is 0.600 bits per heavy atom. The van der Waals surface area contributed by atoms with Crippen LogP contribution in [-0.2, 0) is 14.3 Å². The van der Waals surface area contributed by atoms with E-state index in [0.29, 0.717) is 19.6 Å². The fraction of sp³-hybridized carbons (Fsp3) is 0.903. The minimum absolute atomic E-state index is 0.101. The summed E-state index contributed by atoms with van der Waals surface area (Å²) < 4.78 is 11.0. The number of esters is 1. The van der Waals surface area contributed by atoms with Gasteiger partial charge in [-0.1, -0.05) is 151 Å². The third-order valence-corrected chi connectivity index (χ3v) is 7.21. The van der Waals surface area contributed by atoms with Gasteiger partial charge in [0, 0.05) is 18.4 Å². The third kappa shape index (κ3) is 29.8. The van der Waals surface area contributed by atoms with Gasteiger partial charge in [-0.05, 0) is 24.8 Å². The first-order valence-electron chi connectivity index (χ1n) is 15.2. The molecule has 0 spiro atoms. The Bertz CT molecular complexity index is 453. The molecule has 0 N–H and O–H groups in total. The van der Waals surface area contributed by atoms with Crippen LogP contribution in [0.5, 0.6) is 0 Å². The Morgan fingerprint density at radius 3 is 1.51 bits per heavy atom. The first kappa shape index (κ1) is 34.6. The van der Waals surface area contributed by atoms with Gasteiger partial charge in [0.1, 0.15) is 6.61 Å². The van der Waals surface area contributed by atoms with Crippen LogP contribution in [0.3, 0.4) is 0 Å². The van der Waals surface area contributed by atoms with E-state index in [4.69, 9.17) is 9.47 Å². The van der Waals surface area contributed by atoms with Crippen molar-refractivity contribution in [3.63, 3.8) is 0 Å². The summed E-state index contributed by atoms with van der Waals surface area (Å²) in [5.74, 6) is -0.101. The van der Waals surface area contributed by atoms with E-state index in [2.05, 4.69) is 29.4 Å². The average Bonchev–Trinajstić information content (AvgIpc) is 2.86. The highest BCUT2D eigenvalue weighted by atomic mass is 79.9. The third-order valence-electron chi connectivity index (χ3n) is 6.65. The van der Waals surface area contributed by atoms with Crippen molar-refractivity contribution in [3.05, 3.63) is 12.2 Å². The molecule has 0 aromatic rings. The maximum absolute atomic E-state index is 11.9. The van der Waals surface area contributed by atoms with Gasteiger partial charge in [0.05, 0.1) is 6.61 Å². The maximum Gasteiger partial charge on any atom is 0.306 e. The van der Waals surface area contributed by atoms with E-state index in [1.807, 2.05) is 0 Å². The van der Waals surface area contributed by atoms with Crippen LogP contribution in [0.15, 0.2) is 12.2 Å². The van der Waals surface area contributed by atoms with Gasteiger partial charge in [-0.2, -0.15) is 0 Å². The number of rotatable bonds is 29. The van der Waals surface area contributed by atoms with E-state index in [0.717, 1.165) is 36.8 Å². The van der Waals surface area contributed by atoms with Crippen molar-refractivity contribution in [1.82, 2.24) is 0 Å². The molecule has 208 valence electrons. The normalized spacial score (nSPS) is 11.1. The van der Waals surface area contributed by atoms with Crippen molar-refractivity contribution >= 4 is 21.9 Å². The summed E-state index contributed by atoms with van der Waals surface area (Å²) in [4.78, 5) is 11.9. The number of hydrogen-bond acceptors (Lipinski definition) is 3. The van der Waals surface area contributed by atoms with Crippen LogP contribution < -0.4 is 0 Å². The van der Waals surface area contributed by atoms with Crippen LogP contribution in [0.1, 0.15) is 155 Å². The number of carbonyl (C=O) groups excluding carboxylic acids is 1. The number of hydrogen-bond donors (Lipinski definition) is 0. The second-order valence-corrected chi connectivity index (χ2v) is 11.1.